The number of hydrogen-bond acceptors (Lipinski definition) is 1. The van der Waals surface area contributed by atoms with E-state index in [1.54, 1.807) is 0 Å². The Kier molecular flexibility index (Phi) is 3.68. The lowest BCUT2D eigenvalue weighted by atomic mass is 10.2. The third-order valence-corrected chi connectivity index (χ3v) is 1.78. The van der Waals surface area contributed by atoms with Crippen LogP contribution in [0, 0.1) is 0 Å². The van der Waals surface area contributed by atoms with E-state index in [0.717, 1.165) is 4.90 Å². The Morgan fingerprint density at radius 3 is 2.33 bits per heavy atom. The second-order valence-corrected chi connectivity index (χ2v) is 2.99. The van der Waals surface area contributed by atoms with Gasteiger partial charge in [0.05, 0.1) is 0 Å². The first-order chi connectivity index (χ1) is 5.83. The number of allylic oxidation sites excluding steroid dienone is 3. The molecule has 0 aliphatic heterocycles. The van der Waals surface area contributed by atoms with Crippen LogP contribution in [0.25, 0.3) is 6.08 Å². The van der Waals surface area contributed by atoms with E-state index in [2.05, 4.69) is 18.7 Å². The number of rotatable bonds is 2. The Morgan fingerprint density at radius 2 is 1.75 bits per heavy atom. The molecule has 1 rings (SSSR count). The van der Waals surface area contributed by atoms with E-state index in [4.69, 9.17) is 0 Å². The lowest BCUT2D eigenvalue weighted by Crippen LogP contribution is -1.69. The van der Waals surface area contributed by atoms with Crippen LogP contribution in [0.4, 0.5) is 0 Å². The molecule has 1 heteroatoms. The maximum absolute atomic E-state index is 4.20. The van der Waals surface area contributed by atoms with Crippen molar-refractivity contribution in [3.8, 4) is 0 Å². The molecule has 0 spiro atoms. The van der Waals surface area contributed by atoms with Crippen LogP contribution >= 0.6 is 12.6 Å². The fourth-order valence-electron chi connectivity index (χ4n) is 0.863. The van der Waals surface area contributed by atoms with E-state index in [0.29, 0.717) is 0 Å². The molecule has 0 aromatic heterocycles. The summed E-state index contributed by atoms with van der Waals surface area (Å²) < 4.78 is 0. The molecule has 0 nitrogen and oxygen atoms in total. The topological polar surface area (TPSA) is 0 Å². The number of thiol groups is 1. The van der Waals surface area contributed by atoms with Crippen molar-refractivity contribution in [3.63, 3.8) is 0 Å². The van der Waals surface area contributed by atoms with Gasteiger partial charge in [-0.3, -0.25) is 0 Å². The summed E-state index contributed by atoms with van der Waals surface area (Å²) in [6.45, 7) is 2.00. The van der Waals surface area contributed by atoms with Gasteiger partial charge in [-0.05, 0) is 24.6 Å². The highest BCUT2D eigenvalue weighted by atomic mass is 32.1. The van der Waals surface area contributed by atoms with Crippen molar-refractivity contribution in [2.45, 2.75) is 11.8 Å². The van der Waals surface area contributed by atoms with Crippen LogP contribution < -0.4 is 0 Å². The van der Waals surface area contributed by atoms with Gasteiger partial charge in [-0.25, -0.2) is 0 Å². The molecule has 0 saturated carbocycles. The molecule has 0 aliphatic rings. The van der Waals surface area contributed by atoms with Crippen molar-refractivity contribution in [1.82, 2.24) is 0 Å². The van der Waals surface area contributed by atoms with Crippen LogP contribution in [0.3, 0.4) is 0 Å². The second-order valence-electron chi connectivity index (χ2n) is 2.48. The zero-order valence-electron chi connectivity index (χ0n) is 7.07. The Morgan fingerprint density at radius 1 is 1.08 bits per heavy atom. The summed E-state index contributed by atoms with van der Waals surface area (Å²) in [6, 6.07) is 8.06. The average molecular weight is 176 g/mol. The van der Waals surface area contributed by atoms with E-state index in [1.807, 2.05) is 49.4 Å². The normalized spacial score (nSPS) is 11.5. The Balaban J connectivity index is 2.70. The SMILES string of the molecule is C/C=C/C=C/c1ccc(S)cc1. The molecule has 1 aromatic carbocycles. The summed E-state index contributed by atoms with van der Waals surface area (Å²) in [5.74, 6) is 0. The van der Waals surface area contributed by atoms with Gasteiger partial charge in [-0.2, -0.15) is 0 Å². The molecule has 0 unspecified atom stereocenters. The maximum atomic E-state index is 4.20. The van der Waals surface area contributed by atoms with Crippen molar-refractivity contribution in [1.29, 1.82) is 0 Å². The predicted molar refractivity (Wildman–Crippen MR) is 57.5 cm³/mol. The van der Waals surface area contributed by atoms with Gasteiger partial charge in [0.2, 0.25) is 0 Å². The molecule has 0 saturated heterocycles. The number of benzene rings is 1. The highest BCUT2D eigenvalue weighted by molar-refractivity contribution is 7.80. The van der Waals surface area contributed by atoms with Crippen molar-refractivity contribution < 1.29 is 0 Å². The smallest absolute Gasteiger partial charge is 0.00403 e. The lowest BCUT2D eigenvalue weighted by molar-refractivity contribution is 1.46. The van der Waals surface area contributed by atoms with Gasteiger partial charge in [0.1, 0.15) is 0 Å². The van der Waals surface area contributed by atoms with Crippen LogP contribution in [-0.4, -0.2) is 0 Å². The van der Waals surface area contributed by atoms with Crippen LogP contribution in [0.2, 0.25) is 0 Å². The molecule has 0 atom stereocenters. The van der Waals surface area contributed by atoms with E-state index >= 15 is 0 Å². The van der Waals surface area contributed by atoms with Crippen LogP contribution in [0.1, 0.15) is 12.5 Å². The number of hydrogen-bond donors (Lipinski definition) is 1. The fourth-order valence-corrected chi connectivity index (χ4v) is 1.01. The Hall–Kier alpha value is -0.950. The summed E-state index contributed by atoms with van der Waals surface area (Å²) in [5, 5.41) is 0. The maximum Gasteiger partial charge on any atom is 0.00403 e. The van der Waals surface area contributed by atoms with Gasteiger partial charge in [0.15, 0.2) is 0 Å². The van der Waals surface area contributed by atoms with E-state index < -0.39 is 0 Å². The van der Waals surface area contributed by atoms with Crippen molar-refractivity contribution in [2.24, 2.45) is 0 Å². The Labute approximate surface area is 79.0 Å². The third-order valence-electron chi connectivity index (χ3n) is 1.49. The molecule has 0 bridgehead atoms. The summed E-state index contributed by atoms with van der Waals surface area (Å²) >= 11 is 4.20. The van der Waals surface area contributed by atoms with Gasteiger partial charge >= 0.3 is 0 Å². The highest BCUT2D eigenvalue weighted by Crippen LogP contribution is 2.08. The fraction of sp³-hybridized carbons (Fsp3) is 0.0909. The zero-order valence-corrected chi connectivity index (χ0v) is 7.96. The first-order valence-electron chi connectivity index (χ1n) is 3.91. The van der Waals surface area contributed by atoms with Gasteiger partial charge < -0.3 is 0 Å². The lowest BCUT2D eigenvalue weighted by Gasteiger charge is -1.92. The first kappa shape index (κ1) is 9.14. The van der Waals surface area contributed by atoms with E-state index in [1.165, 1.54) is 5.56 Å². The van der Waals surface area contributed by atoms with Crippen molar-refractivity contribution >= 4 is 18.7 Å². The minimum absolute atomic E-state index is 0.998. The predicted octanol–water partition coefficient (Wildman–Crippen LogP) is 3.56. The molecule has 0 amide bonds. The van der Waals surface area contributed by atoms with Crippen LogP contribution in [0.5, 0.6) is 0 Å². The Bertz CT molecular complexity index is 280. The van der Waals surface area contributed by atoms with Gasteiger partial charge in [-0.15, -0.1) is 12.6 Å². The quantitative estimate of drug-likeness (QED) is 0.517. The van der Waals surface area contributed by atoms with Gasteiger partial charge in [0, 0.05) is 4.90 Å². The molecule has 62 valence electrons. The minimum Gasteiger partial charge on any atom is -0.143 e. The van der Waals surface area contributed by atoms with E-state index in [-0.39, 0.29) is 0 Å². The summed E-state index contributed by atoms with van der Waals surface area (Å²) in [4.78, 5) is 0.998. The molecular formula is C11H12S. The monoisotopic (exact) mass is 176 g/mol. The third kappa shape index (κ3) is 2.97. The largest absolute Gasteiger partial charge is 0.143 e. The van der Waals surface area contributed by atoms with Crippen molar-refractivity contribution in [2.75, 3.05) is 0 Å². The zero-order chi connectivity index (χ0) is 8.81. The molecule has 0 aliphatic carbocycles. The molecule has 0 fully saturated rings. The average Bonchev–Trinajstić information content (AvgIpc) is 2.09. The van der Waals surface area contributed by atoms with Gasteiger partial charge in [-0.1, -0.05) is 36.4 Å². The molecular weight excluding hydrogens is 164 g/mol. The molecule has 0 radical (unpaired) electrons. The summed E-state index contributed by atoms with van der Waals surface area (Å²) in [7, 11) is 0. The molecule has 0 N–H and O–H groups in total. The highest BCUT2D eigenvalue weighted by Gasteiger charge is 1.84. The molecule has 12 heavy (non-hydrogen) atoms. The first-order valence-corrected chi connectivity index (χ1v) is 4.36. The summed E-state index contributed by atoms with van der Waals surface area (Å²) in [5.41, 5.74) is 1.20. The molecule has 0 heterocycles. The standard InChI is InChI=1S/C11H12S/c1-2-3-4-5-10-6-8-11(12)9-7-10/h2-9,12H,1H3/b3-2+,5-4+. The molecule has 1 aromatic rings. The van der Waals surface area contributed by atoms with E-state index in [9.17, 15) is 0 Å². The van der Waals surface area contributed by atoms with Gasteiger partial charge in [0.25, 0.3) is 0 Å². The van der Waals surface area contributed by atoms with Crippen LogP contribution in [0.15, 0.2) is 47.4 Å². The summed E-state index contributed by atoms with van der Waals surface area (Å²) in [6.07, 6.45) is 8.10. The van der Waals surface area contributed by atoms with Crippen molar-refractivity contribution in [3.05, 3.63) is 48.1 Å². The van der Waals surface area contributed by atoms with Crippen LogP contribution in [-0.2, 0) is 0 Å². The minimum atomic E-state index is 0.998. The second kappa shape index (κ2) is 4.83.